The zero-order valence-corrected chi connectivity index (χ0v) is 21.7. The predicted molar refractivity (Wildman–Crippen MR) is 143 cm³/mol. The molecule has 0 radical (unpaired) electrons. The third-order valence-electron chi connectivity index (χ3n) is 9.13. The highest BCUT2D eigenvalue weighted by atomic mass is 15.3. The molecule has 0 spiro atoms. The molecule has 0 aromatic heterocycles. The van der Waals surface area contributed by atoms with Gasteiger partial charge >= 0.3 is 0 Å². The summed E-state index contributed by atoms with van der Waals surface area (Å²) >= 11 is 0. The zero-order valence-electron chi connectivity index (χ0n) is 21.7. The van der Waals surface area contributed by atoms with Crippen molar-refractivity contribution in [3.63, 3.8) is 0 Å². The van der Waals surface area contributed by atoms with Gasteiger partial charge in [0.1, 0.15) is 0 Å². The Kier molecular flexibility index (Phi) is 10.6. The molecule has 3 fully saturated rings. The minimum absolute atomic E-state index is 0.825. The van der Waals surface area contributed by atoms with E-state index in [1.165, 1.54) is 134 Å². The first-order valence-corrected chi connectivity index (χ1v) is 14.9. The second-order valence-corrected chi connectivity index (χ2v) is 11.5. The molecular weight excluding hydrogens is 400 g/mol. The van der Waals surface area contributed by atoms with Crippen LogP contribution in [0.25, 0.3) is 0 Å². The van der Waals surface area contributed by atoms with Gasteiger partial charge in [0.2, 0.25) is 0 Å². The molecule has 0 unspecified atom stereocenters. The lowest BCUT2D eigenvalue weighted by molar-refractivity contribution is -0.0689. The molecule has 0 bridgehead atoms. The van der Waals surface area contributed by atoms with E-state index >= 15 is 0 Å². The summed E-state index contributed by atoms with van der Waals surface area (Å²) < 4.78 is 0. The molecule has 3 aliphatic heterocycles. The van der Waals surface area contributed by atoms with Gasteiger partial charge in [-0.1, -0.05) is 108 Å². The minimum Gasteiger partial charge on any atom is -0.297 e. The van der Waals surface area contributed by atoms with E-state index in [0.717, 1.165) is 24.0 Å². The van der Waals surface area contributed by atoms with Gasteiger partial charge in [-0.15, -0.1) is 0 Å². The summed E-state index contributed by atoms with van der Waals surface area (Å²) in [6.45, 7) is 6.18. The molecule has 1 aromatic rings. The van der Waals surface area contributed by atoms with E-state index in [2.05, 4.69) is 47.1 Å². The van der Waals surface area contributed by atoms with Crippen LogP contribution in [0.1, 0.15) is 122 Å². The van der Waals surface area contributed by atoms with Crippen LogP contribution in [0.5, 0.6) is 0 Å². The number of piperidine rings is 3. The van der Waals surface area contributed by atoms with Gasteiger partial charge in [-0.3, -0.25) is 9.80 Å². The van der Waals surface area contributed by atoms with E-state index < -0.39 is 0 Å². The zero-order chi connectivity index (χ0) is 22.7. The Hall–Kier alpha value is -0.860. The lowest BCUT2D eigenvalue weighted by Crippen LogP contribution is -2.63. The number of fused-ring (bicyclic) bond motifs is 3. The SMILES string of the molecule is CCCCCCCCCCCC[C@@H]1C[C@@H]2[C@H](CCCN2Cc2ccccc2)[C@H]2CCCCN12. The Morgan fingerprint density at radius 3 is 2.21 bits per heavy atom. The van der Waals surface area contributed by atoms with Gasteiger partial charge < -0.3 is 0 Å². The Morgan fingerprint density at radius 1 is 0.727 bits per heavy atom. The van der Waals surface area contributed by atoms with Gasteiger partial charge in [-0.25, -0.2) is 0 Å². The summed E-state index contributed by atoms with van der Waals surface area (Å²) in [7, 11) is 0. The molecule has 1 aromatic carbocycles. The normalized spacial score (nSPS) is 28.4. The number of hydrogen-bond acceptors (Lipinski definition) is 2. The summed E-state index contributed by atoms with van der Waals surface area (Å²) in [6, 6.07) is 13.8. The fourth-order valence-electron chi connectivity index (χ4n) is 7.40. The van der Waals surface area contributed by atoms with Crippen molar-refractivity contribution < 1.29 is 0 Å². The average Bonchev–Trinajstić information content (AvgIpc) is 2.86. The van der Waals surface area contributed by atoms with Crippen molar-refractivity contribution in [3.05, 3.63) is 35.9 Å². The number of hydrogen-bond donors (Lipinski definition) is 0. The highest BCUT2D eigenvalue weighted by molar-refractivity contribution is 5.15. The summed E-state index contributed by atoms with van der Waals surface area (Å²) in [5.41, 5.74) is 1.51. The maximum atomic E-state index is 3.02. The maximum absolute atomic E-state index is 3.02. The fourth-order valence-corrected chi connectivity index (χ4v) is 7.40. The molecule has 4 atom stereocenters. The van der Waals surface area contributed by atoms with Crippen molar-refractivity contribution in [2.75, 3.05) is 13.1 Å². The second-order valence-electron chi connectivity index (χ2n) is 11.5. The van der Waals surface area contributed by atoms with E-state index in [4.69, 9.17) is 0 Å². The summed E-state index contributed by atoms with van der Waals surface area (Å²) in [5, 5.41) is 0. The lowest BCUT2D eigenvalue weighted by atomic mass is 9.72. The van der Waals surface area contributed by atoms with Crippen LogP contribution in [0.3, 0.4) is 0 Å². The van der Waals surface area contributed by atoms with Crippen LogP contribution in [-0.4, -0.2) is 41.0 Å². The third-order valence-corrected chi connectivity index (χ3v) is 9.13. The van der Waals surface area contributed by atoms with Crippen LogP contribution in [0.15, 0.2) is 30.3 Å². The van der Waals surface area contributed by atoms with Crippen molar-refractivity contribution in [1.29, 1.82) is 0 Å². The van der Waals surface area contributed by atoms with Crippen molar-refractivity contribution in [3.8, 4) is 0 Å². The second kappa shape index (κ2) is 13.9. The van der Waals surface area contributed by atoms with Gasteiger partial charge in [0.25, 0.3) is 0 Å². The summed E-state index contributed by atoms with van der Waals surface area (Å²) in [6.07, 6.45) is 24.7. The lowest BCUT2D eigenvalue weighted by Gasteiger charge is -2.57. The first-order valence-electron chi connectivity index (χ1n) is 14.9. The third kappa shape index (κ3) is 7.31. The Balaban J connectivity index is 1.26. The van der Waals surface area contributed by atoms with Crippen molar-refractivity contribution in [1.82, 2.24) is 9.80 Å². The highest BCUT2D eigenvalue weighted by Gasteiger charge is 2.46. The van der Waals surface area contributed by atoms with Crippen molar-refractivity contribution >= 4 is 0 Å². The molecule has 186 valence electrons. The van der Waals surface area contributed by atoms with Gasteiger partial charge in [-0.2, -0.15) is 0 Å². The summed E-state index contributed by atoms with van der Waals surface area (Å²) in [4.78, 5) is 5.91. The van der Waals surface area contributed by atoms with Crippen LogP contribution in [0, 0.1) is 5.92 Å². The molecule has 2 nitrogen and oxygen atoms in total. The van der Waals surface area contributed by atoms with Crippen LogP contribution < -0.4 is 0 Å². The molecule has 2 heteroatoms. The van der Waals surface area contributed by atoms with E-state index in [1.807, 2.05) is 0 Å². The standard InChI is InChI=1S/C31H52N2/c1-2-3-4-5-6-7-8-9-10-14-20-28-25-31-29(30-22-15-16-24-33(28)30)21-17-23-32(31)26-27-18-12-11-13-19-27/h11-13,18-19,28-31H,2-10,14-17,20-26H2,1H3/t28-,29-,30-,31-/m1/s1. The molecule has 0 amide bonds. The number of nitrogens with zero attached hydrogens (tertiary/aromatic N) is 2. The van der Waals surface area contributed by atoms with Gasteiger partial charge in [-0.05, 0) is 63.1 Å². The predicted octanol–water partition coefficient (Wildman–Crippen LogP) is 8.21. The van der Waals surface area contributed by atoms with Gasteiger partial charge in [0.15, 0.2) is 0 Å². The highest BCUT2D eigenvalue weighted by Crippen LogP contribution is 2.42. The van der Waals surface area contributed by atoms with Gasteiger partial charge in [0.05, 0.1) is 0 Å². The molecule has 33 heavy (non-hydrogen) atoms. The number of benzene rings is 1. The molecule has 4 rings (SSSR count). The minimum atomic E-state index is 0.825. The monoisotopic (exact) mass is 452 g/mol. The van der Waals surface area contributed by atoms with E-state index in [-0.39, 0.29) is 0 Å². The largest absolute Gasteiger partial charge is 0.297 e. The molecule has 0 aliphatic carbocycles. The molecule has 0 saturated carbocycles. The van der Waals surface area contributed by atoms with E-state index in [0.29, 0.717) is 0 Å². The van der Waals surface area contributed by atoms with Crippen LogP contribution in [0.2, 0.25) is 0 Å². The first kappa shape index (κ1) is 25.2. The quantitative estimate of drug-likeness (QED) is 0.278. The topological polar surface area (TPSA) is 6.48 Å². The van der Waals surface area contributed by atoms with Crippen LogP contribution >= 0.6 is 0 Å². The summed E-state index contributed by atoms with van der Waals surface area (Å²) in [5.74, 6) is 0.923. The van der Waals surface area contributed by atoms with Gasteiger partial charge in [0, 0.05) is 24.7 Å². The molecule has 3 heterocycles. The fraction of sp³-hybridized carbons (Fsp3) is 0.806. The van der Waals surface area contributed by atoms with E-state index in [9.17, 15) is 0 Å². The molecule has 0 N–H and O–H groups in total. The Morgan fingerprint density at radius 2 is 1.45 bits per heavy atom. The van der Waals surface area contributed by atoms with E-state index in [1.54, 1.807) is 0 Å². The molecule has 3 saturated heterocycles. The number of likely N-dealkylation sites (tertiary alicyclic amines) is 1. The Labute approximate surface area is 205 Å². The first-order chi connectivity index (χ1) is 16.4. The van der Waals surface area contributed by atoms with Crippen LogP contribution in [0.4, 0.5) is 0 Å². The molecule has 3 aliphatic rings. The maximum Gasteiger partial charge on any atom is 0.0236 e. The molecular formula is C31H52N2. The number of unbranched alkanes of at least 4 members (excludes halogenated alkanes) is 9. The Bertz CT molecular complexity index is 644. The number of rotatable bonds is 13. The smallest absolute Gasteiger partial charge is 0.0236 e. The van der Waals surface area contributed by atoms with Crippen molar-refractivity contribution in [2.45, 2.75) is 141 Å². The van der Waals surface area contributed by atoms with Crippen LogP contribution in [-0.2, 0) is 6.54 Å². The average molecular weight is 453 g/mol. The van der Waals surface area contributed by atoms with Crippen molar-refractivity contribution in [2.24, 2.45) is 5.92 Å².